The summed E-state index contributed by atoms with van der Waals surface area (Å²) in [5, 5.41) is 7.12. The van der Waals surface area contributed by atoms with Gasteiger partial charge in [0.1, 0.15) is 18.1 Å². The molecule has 0 fully saturated rings. The lowest BCUT2D eigenvalue weighted by atomic mass is 9.78. The van der Waals surface area contributed by atoms with Crippen molar-refractivity contribution in [1.82, 2.24) is 15.1 Å². The first-order valence-electron chi connectivity index (χ1n) is 11.6. The van der Waals surface area contributed by atoms with E-state index in [-0.39, 0.29) is 23.7 Å². The highest BCUT2D eigenvalue weighted by molar-refractivity contribution is 5.91. The van der Waals surface area contributed by atoms with Crippen molar-refractivity contribution in [2.45, 2.75) is 45.8 Å². The van der Waals surface area contributed by atoms with Gasteiger partial charge in [-0.15, -0.1) is 0 Å². The van der Waals surface area contributed by atoms with E-state index < -0.39 is 0 Å². The van der Waals surface area contributed by atoms with Crippen LogP contribution in [0.1, 0.15) is 53.3 Å². The Kier molecular flexibility index (Phi) is 7.16. The normalized spacial score (nSPS) is 11.4. The summed E-state index contributed by atoms with van der Waals surface area (Å²) in [6.07, 6.45) is 4.60. The van der Waals surface area contributed by atoms with Gasteiger partial charge >= 0.3 is 0 Å². The molecular formula is C28H31N3O3. The summed E-state index contributed by atoms with van der Waals surface area (Å²) in [5.41, 5.74) is 3.51. The third-order valence-corrected chi connectivity index (χ3v) is 5.95. The molecule has 0 bridgehead atoms. The van der Waals surface area contributed by atoms with Gasteiger partial charge in [-0.2, -0.15) is 5.10 Å². The van der Waals surface area contributed by atoms with Crippen molar-refractivity contribution in [3.63, 3.8) is 0 Å². The summed E-state index contributed by atoms with van der Waals surface area (Å²) >= 11 is 0. The second kappa shape index (κ2) is 10.4. The fraction of sp³-hybridized carbons (Fsp3) is 0.286. The number of ether oxygens (including phenoxy) is 1. The lowest BCUT2D eigenvalue weighted by Gasteiger charge is -2.26. The first-order valence-corrected chi connectivity index (χ1v) is 11.6. The van der Waals surface area contributed by atoms with E-state index in [1.165, 1.54) is 11.1 Å². The van der Waals surface area contributed by atoms with Gasteiger partial charge in [0.25, 0.3) is 5.91 Å². The number of hydrogen-bond donors (Lipinski definition) is 1. The highest BCUT2D eigenvalue weighted by Gasteiger charge is 2.22. The topological polar surface area (TPSA) is 69.3 Å². The van der Waals surface area contributed by atoms with Crippen LogP contribution in [0.25, 0.3) is 0 Å². The van der Waals surface area contributed by atoms with Crippen molar-refractivity contribution in [2.24, 2.45) is 0 Å². The molecule has 1 N–H and O–H groups in total. The second-order valence-corrected chi connectivity index (χ2v) is 8.96. The third kappa shape index (κ3) is 5.76. The molecule has 4 aromatic rings. The Labute approximate surface area is 200 Å². The summed E-state index contributed by atoms with van der Waals surface area (Å²) in [7, 11) is 0. The molecule has 0 radical (unpaired) electrons. The van der Waals surface area contributed by atoms with Gasteiger partial charge in [0, 0.05) is 24.7 Å². The number of carbonyl (C=O) groups is 1. The molecule has 0 aliphatic carbocycles. The molecule has 2 aromatic heterocycles. The van der Waals surface area contributed by atoms with Gasteiger partial charge in [-0.1, -0.05) is 56.3 Å². The number of nitrogens with one attached hydrogen (secondary N) is 1. The number of furan rings is 1. The van der Waals surface area contributed by atoms with E-state index in [1.54, 1.807) is 12.1 Å². The van der Waals surface area contributed by atoms with Crippen molar-refractivity contribution in [3.05, 3.63) is 107 Å². The van der Waals surface area contributed by atoms with Gasteiger partial charge in [-0.25, -0.2) is 0 Å². The predicted molar refractivity (Wildman–Crippen MR) is 132 cm³/mol. The average Bonchev–Trinajstić information content (AvgIpc) is 3.50. The van der Waals surface area contributed by atoms with E-state index in [9.17, 15) is 4.79 Å². The molecule has 6 nitrogen and oxygen atoms in total. The lowest BCUT2D eigenvalue weighted by molar-refractivity contribution is 0.0921. The first kappa shape index (κ1) is 23.4. The number of aryl methyl sites for hydroxylation is 2. The maximum Gasteiger partial charge on any atom is 0.286 e. The molecule has 176 valence electrons. The third-order valence-electron chi connectivity index (χ3n) is 5.95. The first-order chi connectivity index (χ1) is 16.4. The van der Waals surface area contributed by atoms with E-state index in [0.717, 1.165) is 24.3 Å². The smallest absolute Gasteiger partial charge is 0.286 e. The number of aromatic nitrogens is 2. The van der Waals surface area contributed by atoms with E-state index >= 15 is 0 Å². The molecule has 0 atom stereocenters. The zero-order valence-electron chi connectivity index (χ0n) is 20.0. The van der Waals surface area contributed by atoms with E-state index in [1.807, 2.05) is 42.2 Å². The largest absolute Gasteiger partial charge is 0.486 e. The molecule has 6 heteroatoms. The Morgan fingerprint density at radius 2 is 1.76 bits per heavy atom. The molecule has 0 aliphatic rings. The minimum Gasteiger partial charge on any atom is -0.486 e. The number of hydrogen-bond acceptors (Lipinski definition) is 4. The fourth-order valence-electron chi connectivity index (χ4n) is 3.84. The van der Waals surface area contributed by atoms with Crippen LogP contribution in [0.15, 0.2) is 83.5 Å². The van der Waals surface area contributed by atoms with Crippen LogP contribution in [0.4, 0.5) is 0 Å². The Morgan fingerprint density at radius 1 is 1.03 bits per heavy atom. The van der Waals surface area contributed by atoms with Gasteiger partial charge in [-0.3, -0.25) is 9.48 Å². The average molecular weight is 458 g/mol. The quantitative estimate of drug-likeness (QED) is 0.319. The van der Waals surface area contributed by atoms with Crippen molar-refractivity contribution in [1.29, 1.82) is 0 Å². The van der Waals surface area contributed by atoms with E-state index in [2.05, 4.69) is 60.7 Å². The number of rotatable bonds is 10. The molecule has 34 heavy (non-hydrogen) atoms. The minimum absolute atomic E-state index is 0.0968. The van der Waals surface area contributed by atoms with Gasteiger partial charge in [-0.05, 0) is 54.3 Å². The van der Waals surface area contributed by atoms with Crippen molar-refractivity contribution in [2.75, 3.05) is 6.54 Å². The predicted octanol–water partition coefficient (Wildman–Crippen LogP) is 5.51. The summed E-state index contributed by atoms with van der Waals surface area (Å²) in [6.45, 7) is 8.00. The number of amides is 1. The molecule has 1 amide bonds. The highest BCUT2D eigenvalue weighted by Crippen LogP contribution is 2.32. The zero-order valence-corrected chi connectivity index (χ0v) is 20.0. The van der Waals surface area contributed by atoms with Crippen molar-refractivity contribution in [3.8, 4) is 5.75 Å². The fourth-order valence-corrected chi connectivity index (χ4v) is 3.84. The van der Waals surface area contributed by atoms with Crippen LogP contribution >= 0.6 is 0 Å². The van der Waals surface area contributed by atoms with Crippen LogP contribution in [0, 0.1) is 6.92 Å². The van der Waals surface area contributed by atoms with Gasteiger partial charge in [0.05, 0.1) is 6.20 Å². The molecule has 2 heterocycles. The Balaban J connectivity index is 1.25. The summed E-state index contributed by atoms with van der Waals surface area (Å²) in [5.74, 6) is 1.42. The zero-order chi connectivity index (χ0) is 24.0. The molecule has 2 aromatic carbocycles. The van der Waals surface area contributed by atoms with Crippen molar-refractivity contribution >= 4 is 5.91 Å². The Bertz CT molecular complexity index is 1210. The van der Waals surface area contributed by atoms with Crippen molar-refractivity contribution < 1.29 is 13.9 Å². The molecule has 0 saturated heterocycles. The summed E-state index contributed by atoms with van der Waals surface area (Å²) < 4.78 is 13.4. The van der Waals surface area contributed by atoms with Gasteiger partial charge < -0.3 is 14.5 Å². The molecular weight excluding hydrogens is 426 g/mol. The maximum absolute atomic E-state index is 12.3. The Morgan fingerprint density at radius 3 is 2.47 bits per heavy atom. The molecule has 0 saturated carbocycles. The molecule has 0 unspecified atom stereocenters. The van der Waals surface area contributed by atoms with Gasteiger partial charge in [0.2, 0.25) is 0 Å². The highest BCUT2D eigenvalue weighted by atomic mass is 16.5. The van der Waals surface area contributed by atoms with Crippen LogP contribution in [0.5, 0.6) is 5.75 Å². The lowest BCUT2D eigenvalue weighted by Crippen LogP contribution is -2.24. The minimum atomic E-state index is -0.226. The molecule has 0 spiro atoms. The number of nitrogens with zero attached hydrogens (tertiary/aromatic N) is 2. The number of benzene rings is 2. The molecule has 4 rings (SSSR count). The van der Waals surface area contributed by atoms with Crippen LogP contribution in [-0.4, -0.2) is 22.2 Å². The van der Waals surface area contributed by atoms with Gasteiger partial charge in [0.15, 0.2) is 5.76 Å². The van der Waals surface area contributed by atoms with Crippen LogP contribution < -0.4 is 10.1 Å². The van der Waals surface area contributed by atoms with Crippen LogP contribution in [0.3, 0.4) is 0 Å². The SMILES string of the molecule is Cc1cnn(CCCNC(=O)c2ccc(COc3ccc(C(C)(C)c4ccccc4)cc3)o2)c1. The van der Waals surface area contributed by atoms with E-state index in [0.29, 0.717) is 12.3 Å². The second-order valence-electron chi connectivity index (χ2n) is 8.96. The van der Waals surface area contributed by atoms with E-state index in [4.69, 9.17) is 9.15 Å². The maximum atomic E-state index is 12.3. The summed E-state index contributed by atoms with van der Waals surface area (Å²) in [6, 6.07) is 22.0. The Hall–Kier alpha value is -3.80. The molecule has 0 aliphatic heterocycles. The van der Waals surface area contributed by atoms with Crippen LogP contribution in [-0.2, 0) is 18.6 Å². The standard InChI is InChI=1S/C28H31N3O3/c1-21-18-30-31(19-21)17-7-16-29-27(32)26-15-14-25(34-26)20-33-24-12-10-23(11-13-24)28(2,3)22-8-5-4-6-9-22/h4-6,8-15,18-19H,7,16-17,20H2,1-3H3,(H,29,32). The van der Waals surface area contributed by atoms with Crippen LogP contribution in [0.2, 0.25) is 0 Å². The summed E-state index contributed by atoms with van der Waals surface area (Å²) in [4.78, 5) is 12.3. The monoisotopic (exact) mass is 457 g/mol. The number of carbonyl (C=O) groups excluding carboxylic acids is 1.